The number of para-hydroxylation sites is 1. The van der Waals surface area contributed by atoms with Crippen molar-refractivity contribution in [1.82, 2.24) is 24.4 Å². The topological polar surface area (TPSA) is 96.0 Å². The van der Waals surface area contributed by atoms with Crippen molar-refractivity contribution < 1.29 is 9.13 Å². The number of ether oxygens (including phenoxy) is 1. The van der Waals surface area contributed by atoms with Crippen LogP contribution in [-0.2, 0) is 6.54 Å². The molecule has 0 saturated carbocycles. The molecule has 0 unspecified atom stereocenters. The molecule has 3 heterocycles. The molecule has 0 aliphatic carbocycles. The molecule has 8 nitrogen and oxygen atoms in total. The molecule has 2 aromatic carbocycles. The summed E-state index contributed by atoms with van der Waals surface area (Å²) in [6, 6.07) is 12.5. The molecule has 0 amide bonds. The zero-order valence-electron chi connectivity index (χ0n) is 19.6. The lowest BCUT2D eigenvalue weighted by Crippen LogP contribution is -2.38. The van der Waals surface area contributed by atoms with Crippen molar-refractivity contribution in [3.8, 4) is 28.0 Å². The highest BCUT2D eigenvalue weighted by atomic mass is 19.1. The van der Waals surface area contributed by atoms with Crippen molar-refractivity contribution in [2.45, 2.75) is 6.54 Å². The average molecular weight is 474 g/mol. The Kier molecular flexibility index (Phi) is 5.70. The monoisotopic (exact) mass is 473 g/mol. The van der Waals surface area contributed by atoms with E-state index in [4.69, 9.17) is 4.74 Å². The van der Waals surface area contributed by atoms with E-state index < -0.39 is 17.1 Å². The lowest BCUT2D eigenvalue weighted by Gasteiger charge is -2.12. The van der Waals surface area contributed by atoms with Gasteiger partial charge in [0.05, 0.1) is 18.0 Å². The summed E-state index contributed by atoms with van der Waals surface area (Å²) >= 11 is 0. The smallest absolute Gasteiger partial charge is 0.328 e. The SMILES string of the molecule is COc1ccccc1-c1c[nH]c2ncc(-c3cc(F)c4[nH]c(=O)n(CCN(C)C)c(=O)c4c3)cc12. The third-order valence-corrected chi connectivity index (χ3v) is 6.08. The molecule has 3 aromatic heterocycles. The van der Waals surface area contributed by atoms with Crippen LogP contribution in [0.25, 0.3) is 44.2 Å². The van der Waals surface area contributed by atoms with Gasteiger partial charge in [0.2, 0.25) is 0 Å². The number of hydrogen-bond donors (Lipinski definition) is 2. The van der Waals surface area contributed by atoms with Crippen LogP contribution in [0.2, 0.25) is 0 Å². The van der Waals surface area contributed by atoms with Gasteiger partial charge in [-0.05, 0) is 43.9 Å². The number of rotatable bonds is 6. The Morgan fingerprint density at radius 1 is 1.06 bits per heavy atom. The molecule has 0 radical (unpaired) electrons. The minimum absolute atomic E-state index is 0.102. The van der Waals surface area contributed by atoms with Gasteiger partial charge in [0.25, 0.3) is 5.56 Å². The molecule has 2 N–H and O–H groups in total. The molecule has 35 heavy (non-hydrogen) atoms. The van der Waals surface area contributed by atoms with Gasteiger partial charge in [-0.2, -0.15) is 0 Å². The molecule has 0 bridgehead atoms. The molecule has 0 aliphatic rings. The number of fused-ring (bicyclic) bond motifs is 2. The van der Waals surface area contributed by atoms with Crippen LogP contribution in [0.4, 0.5) is 4.39 Å². The molecule has 0 atom stereocenters. The minimum atomic E-state index is -0.675. The average Bonchev–Trinajstić information content (AvgIpc) is 3.27. The Hall–Kier alpha value is -4.24. The van der Waals surface area contributed by atoms with Crippen LogP contribution in [0.15, 0.2) is 64.4 Å². The number of hydrogen-bond acceptors (Lipinski definition) is 5. The summed E-state index contributed by atoms with van der Waals surface area (Å²) in [6.45, 7) is 0.693. The van der Waals surface area contributed by atoms with Crippen molar-refractivity contribution in [2.75, 3.05) is 27.7 Å². The Morgan fingerprint density at radius 2 is 1.83 bits per heavy atom. The standard InChI is InChI=1S/C26H24FN5O3/c1-31(2)8-9-32-25(33)19-10-15(12-21(27)23(19)30-26(32)34)16-11-18-20(14-29-24(18)28-13-16)17-6-4-5-7-22(17)35-3/h4-7,10-14H,8-9H2,1-3H3,(H,28,29)(H,30,34). The van der Waals surface area contributed by atoms with E-state index in [1.165, 1.54) is 6.07 Å². The van der Waals surface area contributed by atoms with Crippen LogP contribution in [0.1, 0.15) is 0 Å². The van der Waals surface area contributed by atoms with Crippen molar-refractivity contribution >= 4 is 21.9 Å². The van der Waals surface area contributed by atoms with Crippen LogP contribution < -0.4 is 16.0 Å². The fourth-order valence-electron chi connectivity index (χ4n) is 4.24. The fourth-order valence-corrected chi connectivity index (χ4v) is 4.24. The Morgan fingerprint density at radius 3 is 2.60 bits per heavy atom. The highest BCUT2D eigenvalue weighted by Crippen LogP contribution is 2.36. The number of likely N-dealkylation sites (N-methyl/N-ethyl adjacent to an activating group) is 1. The van der Waals surface area contributed by atoms with Gasteiger partial charge in [-0.3, -0.25) is 9.36 Å². The number of H-pyrrole nitrogens is 2. The first-order valence-electron chi connectivity index (χ1n) is 11.1. The van der Waals surface area contributed by atoms with E-state index in [0.29, 0.717) is 23.3 Å². The first-order valence-corrected chi connectivity index (χ1v) is 11.1. The quantitative estimate of drug-likeness (QED) is 0.393. The second kappa shape index (κ2) is 8.84. The molecule has 0 aliphatic heterocycles. The van der Waals surface area contributed by atoms with Crippen LogP contribution in [0.3, 0.4) is 0 Å². The highest BCUT2D eigenvalue weighted by molar-refractivity contribution is 5.97. The van der Waals surface area contributed by atoms with E-state index in [1.54, 1.807) is 19.4 Å². The van der Waals surface area contributed by atoms with Crippen LogP contribution >= 0.6 is 0 Å². The number of nitrogens with one attached hydrogen (secondary N) is 2. The number of aromatic nitrogens is 4. The van der Waals surface area contributed by atoms with Crippen molar-refractivity contribution in [1.29, 1.82) is 0 Å². The second-order valence-electron chi connectivity index (χ2n) is 8.59. The van der Waals surface area contributed by atoms with E-state index >= 15 is 4.39 Å². The van der Waals surface area contributed by atoms with Gasteiger partial charge in [-0.15, -0.1) is 0 Å². The fraction of sp³-hybridized carbons (Fsp3) is 0.192. The van der Waals surface area contributed by atoms with E-state index in [1.807, 2.05) is 55.5 Å². The summed E-state index contributed by atoms with van der Waals surface area (Å²) in [5, 5.41) is 0.940. The number of aromatic amines is 2. The number of benzene rings is 2. The summed E-state index contributed by atoms with van der Waals surface area (Å²) in [6.07, 6.45) is 3.48. The maximum atomic E-state index is 15.1. The largest absolute Gasteiger partial charge is 0.496 e. The zero-order chi connectivity index (χ0) is 24.7. The molecule has 0 fully saturated rings. The summed E-state index contributed by atoms with van der Waals surface area (Å²) in [7, 11) is 5.31. The summed E-state index contributed by atoms with van der Waals surface area (Å²) in [4.78, 5) is 37.6. The van der Waals surface area contributed by atoms with Crippen molar-refractivity contribution in [2.24, 2.45) is 0 Å². The van der Waals surface area contributed by atoms with Gasteiger partial charge in [-0.25, -0.2) is 14.2 Å². The lowest BCUT2D eigenvalue weighted by atomic mass is 10.0. The van der Waals surface area contributed by atoms with E-state index in [2.05, 4.69) is 15.0 Å². The highest BCUT2D eigenvalue weighted by Gasteiger charge is 2.16. The number of halogens is 1. The molecule has 0 spiro atoms. The molecule has 178 valence electrons. The first kappa shape index (κ1) is 22.5. The molecule has 9 heteroatoms. The van der Waals surface area contributed by atoms with Crippen LogP contribution in [0, 0.1) is 5.82 Å². The van der Waals surface area contributed by atoms with Gasteiger partial charge in [-0.1, -0.05) is 18.2 Å². The lowest BCUT2D eigenvalue weighted by molar-refractivity contribution is 0.377. The van der Waals surface area contributed by atoms with Gasteiger partial charge >= 0.3 is 5.69 Å². The predicted octanol–water partition coefficient (Wildman–Crippen LogP) is 3.61. The summed E-state index contributed by atoms with van der Waals surface area (Å²) < 4.78 is 21.7. The third kappa shape index (κ3) is 4.00. The Labute approximate surface area is 199 Å². The minimum Gasteiger partial charge on any atom is -0.496 e. The van der Waals surface area contributed by atoms with Crippen molar-refractivity contribution in [3.63, 3.8) is 0 Å². The number of pyridine rings is 1. The zero-order valence-corrected chi connectivity index (χ0v) is 19.6. The normalized spacial score (nSPS) is 11.6. The summed E-state index contributed by atoms with van der Waals surface area (Å²) in [5.41, 5.74) is 2.32. The van der Waals surface area contributed by atoms with Gasteiger partial charge < -0.3 is 19.6 Å². The van der Waals surface area contributed by atoms with Gasteiger partial charge in [0.1, 0.15) is 17.2 Å². The van der Waals surface area contributed by atoms with Crippen LogP contribution in [0.5, 0.6) is 5.75 Å². The first-order chi connectivity index (χ1) is 16.9. The molecular formula is C26H24FN5O3. The molecule has 0 saturated heterocycles. The van der Waals surface area contributed by atoms with Gasteiger partial charge in [0.15, 0.2) is 0 Å². The maximum Gasteiger partial charge on any atom is 0.328 e. The maximum absolute atomic E-state index is 15.1. The summed E-state index contributed by atoms with van der Waals surface area (Å²) in [5.74, 6) is 0.0448. The van der Waals surface area contributed by atoms with E-state index in [0.717, 1.165) is 26.8 Å². The molecular weight excluding hydrogens is 449 g/mol. The second-order valence-corrected chi connectivity index (χ2v) is 8.59. The molecule has 5 rings (SSSR count). The van der Waals surface area contributed by atoms with Gasteiger partial charge in [0, 0.05) is 47.6 Å². The van der Waals surface area contributed by atoms with E-state index in [9.17, 15) is 9.59 Å². The van der Waals surface area contributed by atoms with E-state index in [-0.39, 0.29) is 17.4 Å². The van der Waals surface area contributed by atoms with Crippen LogP contribution in [-0.4, -0.2) is 52.2 Å². The number of nitrogens with zero attached hydrogens (tertiary/aromatic N) is 3. The molecule has 5 aromatic rings. The van der Waals surface area contributed by atoms with Crippen molar-refractivity contribution in [3.05, 3.63) is 81.5 Å². The predicted molar refractivity (Wildman–Crippen MR) is 134 cm³/mol. The number of methoxy groups -OCH3 is 1. The Balaban J connectivity index is 1.67. The third-order valence-electron chi connectivity index (χ3n) is 6.08. The Bertz CT molecular complexity index is 1680.